The van der Waals surface area contributed by atoms with E-state index >= 15 is 0 Å². The molecule has 25 heavy (non-hydrogen) atoms. The molecule has 0 fully saturated rings. The molecule has 0 atom stereocenters. The van der Waals surface area contributed by atoms with Crippen molar-refractivity contribution in [2.24, 2.45) is 4.99 Å². The molecule has 0 amide bonds. The Morgan fingerprint density at radius 2 is 2.16 bits per heavy atom. The second kappa shape index (κ2) is 8.48. The van der Waals surface area contributed by atoms with Gasteiger partial charge in [0, 0.05) is 44.5 Å². The number of para-hydroxylation sites is 1. The molecule has 0 radical (unpaired) electrons. The summed E-state index contributed by atoms with van der Waals surface area (Å²) in [5.41, 5.74) is 2.33. The highest BCUT2D eigenvalue weighted by atomic mass is 32.1. The van der Waals surface area contributed by atoms with Gasteiger partial charge in [-0.3, -0.25) is 4.99 Å². The standard InChI is InChI=1S/C19H23N5S/c1-20-19(23(2)11-9-17-7-5-13-25-17)22-14-16-6-3-4-8-18(16)24-12-10-21-15-24/h3-8,10,12-13,15H,9,11,14H2,1-2H3,(H,20,22). The predicted molar refractivity (Wildman–Crippen MR) is 104 cm³/mol. The molecule has 1 aromatic carbocycles. The monoisotopic (exact) mass is 353 g/mol. The molecular formula is C19H23N5S. The SMILES string of the molecule is CN=C(NCc1ccccc1-n1ccnc1)N(C)CCc1cccs1. The van der Waals surface area contributed by atoms with Gasteiger partial charge in [0.25, 0.3) is 0 Å². The number of aromatic nitrogens is 2. The summed E-state index contributed by atoms with van der Waals surface area (Å²) in [4.78, 5) is 12.1. The fraction of sp³-hybridized carbons (Fsp3) is 0.263. The summed E-state index contributed by atoms with van der Waals surface area (Å²) in [5, 5.41) is 5.58. The van der Waals surface area contributed by atoms with Crippen molar-refractivity contribution in [3.8, 4) is 5.69 Å². The van der Waals surface area contributed by atoms with Crippen molar-refractivity contribution in [2.45, 2.75) is 13.0 Å². The first-order chi connectivity index (χ1) is 12.3. The summed E-state index contributed by atoms with van der Waals surface area (Å²) >= 11 is 1.80. The Hall–Kier alpha value is -2.60. The molecule has 0 saturated carbocycles. The van der Waals surface area contributed by atoms with E-state index in [0.29, 0.717) is 6.54 Å². The Morgan fingerprint density at radius 1 is 1.28 bits per heavy atom. The van der Waals surface area contributed by atoms with E-state index in [2.05, 4.69) is 63.0 Å². The number of hydrogen-bond acceptors (Lipinski definition) is 3. The molecule has 0 unspecified atom stereocenters. The zero-order valence-electron chi connectivity index (χ0n) is 14.6. The molecule has 0 aliphatic rings. The van der Waals surface area contributed by atoms with Crippen LogP contribution in [0.5, 0.6) is 0 Å². The zero-order chi connectivity index (χ0) is 17.5. The van der Waals surface area contributed by atoms with Crippen molar-refractivity contribution in [1.82, 2.24) is 19.8 Å². The summed E-state index contributed by atoms with van der Waals surface area (Å²) in [7, 11) is 3.90. The Bertz CT molecular complexity index is 793. The quantitative estimate of drug-likeness (QED) is 0.547. The topological polar surface area (TPSA) is 45.5 Å². The third-order valence-corrected chi connectivity index (χ3v) is 4.99. The van der Waals surface area contributed by atoms with Crippen LogP contribution < -0.4 is 5.32 Å². The molecule has 0 aliphatic carbocycles. The molecule has 2 heterocycles. The lowest BCUT2D eigenvalue weighted by molar-refractivity contribution is 0.486. The van der Waals surface area contributed by atoms with E-state index in [1.807, 2.05) is 30.2 Å². The van der Waals surface area contributed by atoms with Crippen LogP contribution in [-0.2, 0) is 13.0 Å². The van der Waals surface area contributed by atoms with Crippen molar-refractivity contribution >= 4 is 17.3 Å². The number of guanidine groups is 1. The summed E-state index contributed by atoms with van der Waals surface area (Å²) < 4.78 is 2.03. The first-order valence-corrected chi connectivity index (χ1v) is 9.16. The summed E-state index contributed by atoms with van der Waals surface area (Å²) in [6.07, 6.45) is 6.60. The van der Waals surface area contributed by atoms with Crippen LogP contribution in [0.4, 0.5) is 0 Å². The van der Waals surface area contributed by atoms with Gasteiger partial charge < -0.3 is 14.8 Å². The average molecular weight is 353 g/mol. The van der Waals surface area contributed by atoms with Crippen molar-refractivity contribution < 1.29 is 0 Å². The van der Waals surface area contributed by atoms with Gasteiger partial charge in [0.15, 0.2) is 5.96 Å². The highest BCUT2D eigenvalue weighted by molar-refractivity contribution is 7.09. The van der Waals surface area contributed by atoms with Crippen LogP contribution >= 0.6 is 11.3 Å². The van der Waals surface area contributed by atoms with Crippen molar-refractivity contribution in [1.29, 1.82) is 0 Å². The van der Waals surface area contributed by atoms with Crippen molar-refractivity contribution in [3.05, 3.63) is 70.9 Å². The first kappa shape index (κ1) is 17.2. The molecular weight excluding hydrogens is 330 g/mol. The lowest BCUT2D eigenvalue weighted by Gasteiger charge is -2.22. The summed E-state index contributed by atoms with van der Waals surface area (Å²) in [5.74, 6) is 0.900. The minimum Gasteiger partial charge on any atom is -0.352 e. The maximum absolute atomic E-state index is 4.41. The maximum Gasteiger partial charge on any atom is 0.193 e. The molecule has 3 aromatic rings. The molecule has 5 nitrogen and oxygen atoms in total. The van der Waals surface area contributed by atoms with E-state index in [-0.39, 0.29) is 0 Å². The molecule has 0 aliphatic heterocycles. The van der Waals surface area contributed by atoms with Crippen LogP contribution in [0.1, 0.15) is 10.4 Å². The zero-order valence-corrected chi connectivity index (χ0v) is 15.4. The van der Waals surface area contributed by atoms with Gasteiger partial charge in [0.1, 0.15) is 0 Å². The predicted octanol–water partition coefficient (Wildman–Crippen LogP) is 3.18. The van der Waals surface area contributed by atoms with E-state index in [1.165, 1.54) is 10.4 Å². The number of likely N-dealkylation sites (N-methyl/N-ethyl adjacent to an activating group) is 1. The van der Waals surface area contributed by atoms with Crippen LogP contribution in [-0.4, -0.2) is 41.1 Å². The maximum atomic E-state index is 4.41. The molecule has 0 spiro atoms. The summed E-state index contributed by atoms with van der Waals surface area (Å²) in [6, 6.07) is 12.6. The van der Waals surface area contributed by atoms with Crippen molar-refractivity contribution in [3.63, 3.8) is 0 Å². The normalized spacial score (nSPS) is 11.5. The number of rotatable bonds is 6. The van der Waals surface area contributed by atoms with Crippen molar-refractivity contribution in [2.75, 3.05) is 20.6 Å². The van der Waals surface area contributed by atoms with E-state index in [9.17, 15) is 0 Å². The number of nitrogens with zero attached hydrogens (tertiary/aromatic N) is 4. The Labute approximate surface area is 152 Å². The Balaban J connectivity index is 1.62. The molecule has 130 valence electrons. The third kappa shape index (κ3) is 4.48. The first-order valence-electron chi connectivity index (χ1n) is 8.28. The largest absolute Gasteiger partial charge is 0.352 e. The van der Waals surface area contributed by atoms with Gasteiger partial charge in [0.05, 0.1) is 12.0 Å². The highest BCUT2D eigenvalue weighted by Gasteiger charge is 2.08. The minimum absolute atomic E-state index is 0.713. The van der Waals surface area contributed by atoms with Crippen LogP contribution in [0, 0.1) is 0 Å². The van der Waals surface area contributed by atoms with Gasteiger partial charge in [-0.15, -0.1) is 11.3 Å². The smallest absolute Gasteiger partial charge is 0.193 e. The van der Waals surface area contributed by atoms with E-state index in [0.717, 1.165) is 24.6 Å². The number of thiophene rings is 1. The number of nitrogens with one attached hydrogen (secondary N) is 1. The summed E-state index contributed by atoms with van der Waals surface area (Å²) in [6.45, 7) is 1.65. The van der Waals surface area contributed by atoms with Gasteiger partial charge in [-0.2, -0.15) is 0 Å². The van der Waals surface area contributed by atoms with Crippen LogP contribution in [0.2, 0.25) is 0 Å². The highest BCUT2D eigenvalue weighted by Crippen LogP contribution is 2.14. The molecule has 0 saturated heterocycles. The van der Waals surface area contributed by atoms with Gasteiger partial charge >= 0.3 is 0 Å². The number of hydrogen-bond donors (Lipinski definition) is 1. The number of benzene rings is 1. The van der Waals surface area contributed by atoms with Crippen LogP contribution in [0.15, 0.2) is 65.5 Å². The third-order valence-electron chi connectivity index (χ3n) is 4.06. The van der Waals surface area contributed by atoms with E-state index in [1.54, 1.807) is 17.5 Å². The average Bonchev–Trinajstić information content (AvgIpc) is 3.34. The molecule has 1 N–H and O–H groups in total. The van der Waals surface area contributed by atoms with Gasteiger partial charge in [0.2, 0.25) is 0 Å². The Kier molecular flexibility index (Phi) is 5.85. The lowest BCUT2D eigenvalue weighted by atomic mass is 10.1. The Morgan fingerprint density at radius 3 is 2.88 bits per heavy atom. The lowest BCUT2D eigenvalue weighted by Crippen LogP contribution is -2.39. The molecule has 3 rings (SSSR count). The van der Waals surface area contributed by atoms with Crippen LogP contribution in [0.25, 0.3) is 5.69 Å². The van der Waals surface area contributed by atoms with Gasteiger partial charge in [-0.1, -0.05) is 24.3 Å². The van der Waals surface area contributed by atoms with Gasteiger partial charge in [-0.25, -0.2) is 4.98 Å². The fourth-order valence-electron chi connectivity index (χ4n) is 2.71. The van der Waals surface area contributed by atoms with Gasteiger partial charge in [-0.05, 0) is 29.5 Å². The van der Waals surface area contributed by atoms with E-state index in [4.69, 9.17) is 0 Å². The van der Waals surface area contributed by atoms with E-state index < -0.39 is 0 Å². The fourth-order valence-corrected chi connectivity index (χ4v) is 3.41. The second-order valence-electron chi connectivity index (χ2n) is 5.75. The minimum atomic E-state index is 0.713. The number of imidazole rings is 1. The molecule has 2 aromatic heterocycles. The number of aliphatic imine (C=N–C) groups is 1. The van der Waals surface area contributed by atoms with Crippen LogP contribution in [0.3, 0.4) is 0 Å². The second-order valence-corrected chi connectivity index (χ2v) is 6.78. The molecule has 6 heteroatoms. The molecule has 0 bridgehead atoms.